The van der Waals surface area contributed by atoms with Crippen LogP contribution in [-0.2, 0) is 9.59 Å². The third kappa shape index (κ3) is 6.03. The number of aliphatic carboxylic acids is 2. The standard InChI is InChI=1S/C16H20N2S.C2H2O4/c1-18(2)9-10-19-16-14(12-7-8-12)11-13-5-3-4-6-15(13)17-16;3-1(4)2(5)6/h3-6,11-12H,7-10H2,1-2H3;(H,3,4)(H,5,6). The summed E-state index contributed by atoms with van der Waals surface area (Å²) in [6.07, 6.45) is 2.67. The number of carboxylic acid groups (broad SMARTS) is 2. The Hall–Kier alpha value is -2.12. The van der Waals surface area contributed by atoms with Crippen LogP contribution in [0.2, 0.25) is 0 Å². The lowest BCUT2D eigenvalue weighted by Crippen LogP contribution is -2.14. The van der Waals surface area contributed by atoms with E-state index in [4.69, 9.17) is 24.8 Å². The second-order valence-electron chi connectivity index (χ2n) is 6.11. The normalized spacial score (nSPS) is 13.4. The smallest absolute Gasteiger partial charge is 0.414 e. The van der Waals surface area contributed by atoms with Crippen LogP contribution in [0, 0.1) is 0 Å². The highest BCUT2D eigenvalue weighted by Crippen LogP contribution is 2.44. The van der Waals surface area contributed by atoms with E-state index in [2.05, 4.69) is 49.3 Å². The van der Waals surface area contributed by atoms with Gasteiger partial charge in [-0.2, -0.15) is 0 Å². The fourth-order valence-electron chi connectivity index (χ4n) is 2.24. The molecule has 0 bridgehead atoms. The van der Waals surface area contributed by atoms with E-state index in [1.807, 2.05) is 11.8 Å². The van der Waals surface area contributed by atoms with E-state index in [9.17, 15) is 0 Å². The van der Waals surface area contributed by atoms with Crippen LogP contribution in [-0.4, -0.2) is 58.4 Å². The van der Waals surface area contributed by atoms with Gasteiger partial charge in [-0.15, -0.1) is 11.8 Å². The second-order valence-corrected chi connectivity index (χ2v) is 7.20. The summed E-state index contributed by atoms with van der Waals surface area (Å²) in [5.74, 6) is -1.78. The number of para-hydroxylation sites is 1. The fourth-order valence-corrected chi connectivity index (χ4v) is 3.45. The third-order valence-corrected chi connectivity index (χ3v) is 4.68. The molecule has 2 aromatic rings. The van der Waals surface area contributed by atoms with Gasteiger partial charge < -0.3 is 15.1 Å². The molecule has 134 valence electrons. The summed E-state index contributed by atoms with van der Waals surface area (Å²) in [6, 6.07) is 10.8. The third-order valence-electron chi connectivity index (χ3n) is 3.69. The quantitative estimate of drug-likeness (QED) is 0.624. The van der Waals surface area contributed by atoms with Crippen LogP contribution >= 0.6 is 11.8 Å². The molecule has 0 radical (unpaired) electrons. The molecule has 1 saturated carbocycles. The average molecular weight is 362 g/mol. The van der Waals surface area contributed by atoms with Crippen LogP contribution in [0.1, 0.15) is 24.3 Å². The lowest BCUT2D eigenvalue weighted by atomic mass is 10.1. The molecular weight excluding hydrogens is 340 g/mol. The number of pyridine rings is 1. The van der Waals surface area contributed by atoms with Gasteiger partial charge in [-0.1, -0.05) is 18.2 Å². The minimum Gasteiger partial charge on any atom is -0.473 e. The van der Waals surface area contributed by atoms with Crippen molar-refractivity contribution in [3.63, 3.8) is 0 Å². The maximum atomic E-state index is 9.10. The Morgan fingerprint density at radius 3 is 2.40 bits per heavy atom. The second kappa shape index (κ2) is 8.82. The fraction of sp³-hybridized carbons (Fsp3) is 0.389. The van der Waals surface area contributed by atoms with E-state index in [-0.39, 0.29) is 0 Å². The number of aromatic nitrogens is 1. The van der Waals surface area contributed by atoms with Gasteiger partial charge in [-0.05, 0) is 50.6 Å². The molecule has 25 heavy (non-hydrogen) atoms. The van der Waals surface area contributed by atoms with E-state index in [1.54, 1.807) is 0 Å². The summed E-state index contributed by atoms with van der Waals surface area (Å²) >= 11 is 1.91. The van der Waals surface area contributed by atoms with Crippen molar-refractivity contribution >= 4 is 34.6 Å². The molecule has 1 aromatic carbocycles. The molecule has 1 aliphatic rings. The van der Waals surface area contributed by atoms with Crippen molar-refractivity contribution in [1.29, 1.82) is 0 Å². The SMILES string of the molecule is CN(C)CCSc1nc2ccccc2cc1C1CC1.O=C(O)C(=O)O. The largest absolute Gasteiger partial charge is 0.473 e. The van der Waals surface area contributed by atoms with Crippen molar-refractivity contribution < 1.29 is 19.8 Å². The Bertz CT molecular complexity index is 748. The van der Waals surface area contributed by atoms with Gasteiger partial charge in [0.15, 0.2) is 0 Å². The highest BCUT2D eigenvalue weighted by Gasteiger charge is 2.27. The van der Waals surface area contributed by atoms with Gasteiger partial charge in [0.05, 0.1) is 5.52 Å². The summed E-state index contributed by atoms with van der Waals surface area (Å²) in [5.41, 5.74) is 2.60. The van der Waals surface area contributed by atoms with Gasteiger partial charge in [-0.25, -0.2) is 14.6 Å². The predicted molar refractivity (Wildman–Crippen MR) is 98.3 cm³/mol. The van der Waals surface area contributed by atoms with Gasteiger partial charge in [0.2, 0.25) is 0 Å². The van der Waals surface area contributed by atoms with E-state index in [0.29, 0.717) is 0 Å². The number of carbonyl (C=O) groups is 2. The molecule has 1 fully saturated rings. The van der Waals surface area contributed by atoms with Gasteiger partial charge in [0, 0.05) is 17.7 Å². The zero-order valence-electron chi connectivity index (χ0n) is 14.3. The zero-order valence-corrected chi connectivity index (χ0v) is 15.1. The number of thioether (sulfide) groups is 1. The summed E-state index contributed by atoms with van der Waals surface area (Å²) in [5, 5.41) is 17.3. The van der Waals surface area contributed by atoms with E-state index >= 15 is 0 Å². The van der Waals surface area contributed by atoms with Crippen LogP contribution in [0.25, 0.3) is 10.9 Å². The summed E-state index contributed by atoms with van der Waals surface area (Å²) < 4.78 is 0. The molecule has 2 N–H and O–H groups in total. The van der Waals surface area contributed by atoms with Crippen LogP contribution in [0.3, 0.4) is 0 Å². The molecule has 0 spiro atoms. The summed E-state index contributed by atoms with van der Waals surface area (Å²) in [4.78, 5) is 25.3. The van der Waals surface area contributed by atoms with Crippen LogP contribution in [0.15, 0.2) is 35.4 Å². The van der Waals surface area contributed by atoms with Crippen LogP contribution < -0.4 is 0 Å². The van der Waals surface area contributed by atoms with Gasteiger partial charge >= 0.3 is 11.9 Å². The van der Waals surface area contributed by atoms with Gasteiger partial charge in [0.25, 0.3) is 0 Å². The molecule has 7 heteroatoms. The summed E-state index contributed by atoms with van der Waals surface area (Å²) in [7, 11) is 4.24. The van der Waals surface area contributed by atoms with E-state index in [1.165, 1.54) is 28.8 Å². The van der Waals surface area contributed by atoms with Gasteiger partial charge in [-0.3, -0.25) is 0 Å². The number of hydrogen-bond acceptors (Lipinski definition) is 5. The number of carboxylic acids is 2. The molecule has 6 nitrogen and oxygen atoms in total. The lowest BCUT2D eigenvalue weighted by molar-refractivity contribution is -0.159. The Labute approximate surface area is 150 Å². The summed E-state index contributed by atoms with van der Waals surface area (Å²) in [6.45, 7) is 1.10. The van der Waals surface area contributed by atoms with E-state index in [0.717, 1.165) is 23.7 Å². The Balaban J connectivity index is 0.000000326. The first-order valence-electron chi connectivity index (χ1n) is 8.02. The Morgan fingerprint density at radius 2 is 1.84 bits per heavy atom. The topological polar surface area (TPSA) is 90.7 Å². The Kier molecular flexibility index (Phi) is 6.78. The first-order chi connectivity index (χ1) is 11.9. The maximum absolute atomic E-state index is 9.10. The lowest BCUT2D eigenvalue weighted by Gasteiger charge is -2.12. The van der Waals surface area contributed by atoms with Crippen molar-refractivity contribution in [3.05, 3.63) is 35.9 Å². The van der Waals surface area contributed by atoms with Crippen molar-refractivity contribution in [2.45, 2.75) is 23.8 Å². The highest BCUT2D eigenvalue weighted by atomic mass is 32.2. The maximum Gasteiger partial charge on any atom is 0.414 e. The average Bonchev–Trinajstić information content (AvgIpc) is 3.39. The molecule has 0 amide bonds. The molecule has 0 atom stereocenters. The first kappa shape index (κ1) is 19.2. The highest BCUT2D eigenvalue weighted by molar-refractivity contribution is 7.99. The number of rotatable bonds is 5. The van der Waals surface area contributed by atoms with Crippen molar-refractivity contribution in [2.75, 3.05) is 26.4 Å². The van der Waals surface area contributed by atoms with Crippen LogP contribution in [0.5, 0.6) is 0 Å². The monoisotopic (exact) mass is 362 g/mol. The van der Waals surface area contributed by atoms with Crippen molar-refractivity contribution in [3.8, 4) is 0 Å². The number of fused-ring (bicyclic) bond motifs is 1. The molecule has 1 aliphatic carbocycles. The Morgan fingerprint density at radius 1 is 1.20 bits per heavy atom. The molecule has 0 saturated heterocycles. The molecule has 1 aromatic heterocycles. The van der Waals surface area contributed by atoms with E-state index < -0.39 is 11.9 Å². The minimum atomic E-state index is -1.82. The molecular formula is C18H22N2O4S. The van der Waals surface area contributed by atoms with Crippen molar-refractivity contribution in [1.82, 2.24) is 9.88 Å². The predicted octanol–water partition coefficient (Wildman–Crippen LogP) is 2.92. The minimum absolute atomic E-state index is 0.763. The zero-order chi connectivity index (χ0) is 18.4. The molecule has 3 rings (SSSR count). The molecule has 1 heterocycles. The van der Waals surface area contributed by atoms with Gasteiger partial charge in [0.1, 0.15) is 5.03 Å². The first-order valence-corrected chi connectivity index (χ1v) is 9.00. The van der Waals surface area contributed by atoms with Crippen LogP contribution in [0.4, 0.5) is 0 Å². The number of hydrogen-bond donors (Lipinski definition) is 2. The number of benzene rings is 1. The molecule has 0 unspecified atom stereocenters. The van der Waals surface area contributed by atoms with Crippen molar-refractivity contribution in [2.24, 2.45) is 0 Å². The molecule has 0 aliphatic heterocycles. The number of nitrogens with zero attached hydrogens (tertiary/aromatic N) is 2.